The Morgan fingerprint density at radius 3 is 1.25 bits per heavy atom. The highest BCUT2D eigenvalue weighted by Crippen LogP contribution is 2.45. The van der Waals surface area contributed by atoms with Gasteiger partial charge >= 0.3 is 0 Å². The maximum atomic E-state index is 6.82. The van der Waals surface area contributed by atoms with E-state index in [4.69, 9.17) is 4.42 Å². The molecule has 0 aliphatic carbocycles. The van der Waals surface area contributed by atoms with Gasteiger partial charge in [0, 0.05) is 64.5 Å². The summed E-state index contributed by atoms with van der Waals surface area (Å²) in [6, 6.07) is 62.6. The fourth-order valence-electron chi connectivity index (χ4n) is 9.74. The molecule has 0 spiro atoms. The van der Waals surface area contributed by atoms with Crippen LogP contribution >= 0.6 is 23.5 Å². The van der Waals surface area contributed by atoms with Crippen LogP contribution in [0, 0.1) is 0 Å². The van der Waals surface area contributed by atoms with E-state index in [0.29, 0.717) is 0 Å². The lowest BCUT2D eigenvalue weighted by Gasteiger charge is -2.40. The van der Waals surface area contributed by atoms with Crippen molar-refractivity contribution in [3.8, 4) is 0 Å². The fraction of sp³-hybridized carbons (Fsp3) is 0. The monoisotopic (exact) mass is 734 g/mol. The van der Waals surface area contributed by atoms with Gasteiger partial charge in [-0.15, -0.1) is 0 Å². The maximum absolute atomic E-state index is 6.82. The van der Waals surface area contributed by atoms with Crippen molar-refractivity contribution in [3.63, 3.8) is 0 Å². The Morgan fingerprint density at radius 2 is 0.782 bits per heavy atom. The Hall–Kier alpha value is -6.01. The third-order valence-electron chi connectivity index (χ3n) is 11.9. The van der Waals surface area contributed by atoms with E-state index < -0.39 is 0 Å². The number of nitrogens with zero attached hydrogens (tertiary/aromatic N) is 2. The standard InChI is InChI=1S/C48H28B2N2OS2/c1-3-13-29(14-4-1)51-37-19-9-7-17-33(37)49-35-25-31-32-26-36-46(28-42(32)53-41(31)27-45(35)54-43-23-11-21-39(51)47(43)49)55-44-24-12-22-40-48(44)50(36)34-18-8-10-20-38(34)52(40)30-15-5-2-6-16-30/h1-28H. The van der Waals surface area contributed by atoms with E-state index in [9.17, 15) is 0 Å². The highest BCUT2D eigenvalue weighted by atomic mass is 32.2. The van der Waals surface area contributed by atoms with Crippen molar-refractivity contribution in [1.82, 2.24) is 0 Å². The molecule has 0 amide bonds. The molecule has 4 aliphatic rings. The molecule has 0 unspecified atom stereocenters. The predicted molar refractivity (Wildman–Crippen MR) is 234 cm³/mol. The first-order valence-corrected chi connectivity index (χ1v) is 20.5. The topological polar surface area (TPSA) is 19.6 Å². The number of para-hydroxylation sites is 4. The molecule has 1 aromatic heterocycles. The summed E-state index contributed by atoms with van der Waals surface area (Å²) in [7, 11) is 0. The second-order valence-electron chi connectivity index (χ2n) is 14.8. The van der Waals surface area contributed by atoms with Gasteiger partial charge in [0.2, 0.25) is 13.4 Å². The van der Waals surface area contributed by atoms with Crippen LogP contribution < -0.4 is 42.6 Å². The van der Waals surface area contributed by atoms with Crippen molar-refractivity contribution in [1.29, 1.82) is 0 Å². The Kier molecular flexibility index (Phi) is 6.21. The van der Waals surface area contributed by atoms with Crippen LogP contribution in [-0.2, 0) is 0 Å². The Morgan fingerprint density at radius 1 is 0.364 bits per heavy atom. The molecule has 0 radical (unpaired) electrons. The molecule has 9 aromatic rings. The molecule has 5 heterocycles. The molecular formula is C48H28B2N2OS2. The Balaban J connectivity index is 1.02. The largest absolute Gasteiger partial charge is 0.456 e. The van der Waals surface area contributed by atoms with E-state index in [1.165, 1.54) is 97.3 Å². The highest BCUT2D eigenvalue weighted by molar-refractivity contribution is 8.00. The summed E-state index contributed by atoms with van der Waals surface area (Å²) in [5.41, 5.74) is 17.4. The van der Waals surface area contributed by atoms with Crippen LogP contribution in [0.2, 0.25) is 0 Å². The number of rotatable bonds is 2. The summed E-state index contributed by atoms with van der Waals surface area (Å²) in [6.45, 7) is 0.231. The van der Waals surface area contributed by atoms with Crippen LogP contribution in [0.5, 0.6) is 0 Å². The molecule has 55 heavy (non-hydrogen) atoms. The summed E-state index contributed by atoms with van der Waals surface area (Å²) in [4.78, 5) is 10.0. The quantitative estimate of drug-likeness (QED) is 0.165. The lowest BCUT2D eigenvalue weighted by atomic mass is 9.34. The lowest BCUT2D eigenvalue weighted by molar-refractivity contribution is 0.667. The van der Waals surface area contributed by atoms with Gasteiger partial charge in [0.05, 0.1) is 0 Å². The SMILES string of the molecule is c1ccc(N2c3ccccc3B3c4cc5c(cc4Sc4cccc2c43)oc2cc3c(cc25)B2c4ccccc4N(c4ccccc4)c4cccc(c42)S3)cc1. The van der Waals surface area contributed by atoms with Gasteiger partial charge in [-0.2, -0.15) is 0 Å². The zero-order chi connectivity index (χ0) is 35.8. The molecule has 7 heteroatoms. The summed E-state index contributed by atoms with van der Waals surface area (Å²) in [5, 5.41) is 2.36. The van der Waals surface area contributed by atoms with E-state index in [1.54, 1.807) is 0 Å². The van der Waals surface area contributed by atoms with Gasteiger partial charge < -0.3 is 14.2 Å². The van der Waals surface area contributed by atoms with Gasteiger partial charge in [-0.25, -0.2) is 0 Å². The number of hydrogen-bond acceptors (Lipinski definition) is 5. The van der Waals surface area contributed by atoms with Crippen molar-refractivity contribution in [3.05, 3.63) is 170 Å². The van der Waals surface area contributed by atoms with Gasteiger partial charge in [0.1, 0.15) is 11.2 Å². The van der Waals surface area contributed by atoms with Crippen LogP contribution in [-0.4, -0.2) is 13.4 Å². The molecule has 0 saturated carbocycles. The van der Waals surface area contributed by atoms with Gasteiger partial charge in [-0.3, -0.25) is 0 Å². The Labute approximate surface area is 327 Å². The molecule has 0 atom stereocenters. The maximum Gasteiger partial charge on any atom is 0.249 e. The first-order chi connectivity index (χ1) is 27.3. The van der Waals surface area contributed by atoms with Crippen molar-refractivity contribution in [2.45, 2.75) is 19.6 Å². The molecule has 0 N–H and O–H groups in total. The van der Waals surface area contributed by atoms with Crippen LogP contribution in [0.25, 0.3) is 21.9 Å². The fourth-order valence-corrected chi connectivity index (χ4v) is 12.1. The van der Waals surface area contributed by atoms with Gasteiger partial charge in [0.15, 0.2) is 0 Å². The lowest BCUT2D eigenvalue weighted by Crippen LogP contribution is -2.59. The van der Waals surface area contributed by atoms with Crippen LogP contribution in [0.3, 0.4) is 0 Å². The predicted octanol–water partition coefficient (Wildman–Crippen LogP) is 9.11. The summed E-state index contributed by atoms with van der Waals surface area (Å²) in [5.74, 6) is 0. The smallest absolute Gasteiger partial charge is 0.249 e. The van der Waals surface area contributed by atoms with E-state index in [0.717, 1.165) is 11.2 Å². The summed E-state index contributed by atoms with van der Waals surface area (Å²) >= 11 is 3.74. The molecule has 254 valence electrons. The minimum absolute atomic E-state index is 0.116. The number of hydrogen-bond donors (Lipinski definition) is 0. The van der Waals surface area contributed by atoms with Crippen LogP contribution in [0.4, 0.5) is 34.1 Å². The van der Waals surface area contributed by atoms with E-state index in [-0.39, 0.29) is 13.4 Å². The van der Waals surface area contributed by atoms with Crippen molar-refractivity contribution < 1.29 is 4.42 Å². The van der Waals surface area contributed by atoms with E-state index in [1.807, 2.05) is 23.5 Å². The molecule has 3 nitrogen and oxygen atoms in total. The minimum atomic E-state index is 0.116. The van der Waals surface area contributed by atoms with E-state index >= 15 is 0 Å². The molecule has 0 fully saturated rings. The third-order valence-corrected chi connectivity index (χ3v) is 14.2. The second-order valence-corrected chi connectivity index (χ2v) is 16.9. The first kappa shape index (κ1) is 30.3. The van der Waals surface area contributed by atoms with E-state index in [2.05, 4.69) is 180 Å². The third kappa shape index (κ3) is 4.17. The van der Waals surface area contributed by atoms with Crippen LogP contribution in [0.1, 0.15) is 0 Å². The van der Waals surface area contributed by atoms with Crippen molar-refractivity contribution >= 4 is 126 Å². The molecule has 13 rings (SSSR count). The molecule has 0 bridgehead atoms. The summed E-state index contributed by atoms with van der Waals surface area (Å²) in [6.07, 6.45) is 0. The van der Waals surface area contributed by atoms with Crippen molar-refractivity contribution in [2.24, 2.45) is 0 Å². The molecular weight excluding hydrogens is 706 g/mol. The summed E-state index contributed by atoms with van der Waals surface area (Å²) < 4.78 is 6.82. The van der Waals surface area contributed by atoms with Crippen LogP contribution in [0.15, 0.2) is 194 Å². The molecule has 0 saturated heterocycles. The number of fused-ring (bicyclic) bond motifs is 11. The van der Waals surface area contributed by atoms with Gasteiger partial charge in [0.25, 0.3) is 0 Å². The highest BCUT2D eigenvalue weighted by Gasteiger charge is 2.43. The number of benzene rings is 8. The zero-order valence-electron chi connectivity index (χ0n) is 29.4. The van der Waals surface area contributed by atoms with Crippen molar-refractivity contribution in [2.75, 3.05) is 9.80 Å². The number of furan rings is 1. The van der Waals surface area contributed by atoms with Gasteiger partial charge in [-0.1, -0.05) is 132 Å². The molecule has 8 aromatic carbocycles. The first-order valence-electron chi connectivity index (χ1n) is 18.8. The average Bonchev–Trinajstić information content (AvgIpc) is 3.58. The molecule has 4 aliphatic heterocycles. The second kappa shape index (κ2) is 11.3. The minimum Gasteiger partial charge on any atom is -0.456 e. The Bertz CT molecular complexity index is 2890. The zero-order valence-corrected chi connectivity index (χ0v) is 31.1. The van der Waals surface area contributed by atoms with Gasteiger partial charge in [-0.05, 0) is 94.6 Å². The average molecular weight is 735 g/mol. The normalized spacial score (nSPS) is 14.3. The number of anilines is 6.